The van der Waals surface area contributed by atoms with Crippen LogP contribution in [0, 0.1) is 0 Å². The number of benzene rings is 2. The molecule has 0 bridgehead atoms. The van der Waals surface area contributed by atoms with Crippen LogP contribution in [0.3, 0.4) is 0 Å². The van der Waals surface area contributed by atoms with Gasteiger partial charge in [0.1, 0.15) is 6.04 Å². The number of carbonyl (C=O) groups excluding carboxylic acids is 2. The van der Waals surface area contributed by atoms with Crippen LogP contribution in [0.15, 0.2) is 60.7 Å². The van der Waals surface area contributed by atoms with Crippen molar-refractivity contribution in [2.24, 2.45) is 5.73 Å². The molecule has 0 saturated carbocycles. The number of hydrogen-bond donors (Lipinski definition) is 3. The SMILES string of the molecule is [N-]=CC(CCCN)NC(=O)C(Cc1ccccc1)NC(=O)CCc1ccccc1. The Morgan fingerprint density at radius 1 is 0.966 bits per heavy atom. The molecule has 0 radical (unpaired) electrons. The first-order valence-electron chi connectivity index (χ1n) is 9.97. The maximum atomic E-state index is 12.8. The maximum Gasteiger partial charge on any atom is 0.243 e. The van der Waals surface area contributed by atoms with Crippen LogP contribution in [-0.4, -0.2) is 36.7 Å². The zero-order valence-corrected chi connectivity index (χ0v) is 16.6. The van der Waals surface area contributed by atoms with Crippen LogP contribution in [0.1, 0.15) is 30.4 Å². The summed E-state index contributed by atoms with van der Waals surface area (Å²) in [5.41, 5.74) is 7.53. The molecule has 0 saturated heterocycles. The van der Waals surface area contributed by atoms with E-state index in [4.69, 9.17) is 5.73 Å². The molecular formula is C23H29N4O2-. The quantitative estimate of drug-likeness (QED) is 0.481. The summed E-state index contributed by atoms with van der Waals surface area (Å²) in [4.78, 5) is 25.3. The smallest absolute Gasteiger partial charge is 0.243 e. The summed E-state index contributed by atoms with van der Waals surface area (Å²) in [5.74, 6) is -0.509. The monoisotopic (exact) mass is 393 g/mol. The average Bonchev–Trinajstić information content (AvgIpc) is 2.76. The molecule has 154 valence electrons. The molecule has 0 aromatic heterocycles. The van der Waals surface area contributed by atoms with E-state index >= 15 is 0 Å². The van der Waals surface area contributed by atoms with Gasteiger partial charge in [-0.2, -0.15) is 6.21 Å². The van der Waals surface area contributed by atoms with Gasteiger partial charge in [0.2, 0.25) is 11.8 Å². The van der Waals surface area contributed by atoms with Crippen LogP contribution in [0.2, 0.25) is 0 Å². The zero-order chi connectivity index (χ0) is 20.9. The second-order valence-electron chi connectivity index (χ2n) is 6.99. The molecule has 2 aromatic carbocycles. The lowest BCUT2D eigenvalue weighted by molar-refractivity contribution is -0.129. The minimum atomic E-state index is -0.721. The van der Waals surface area contributed by atoms with Crippen LogP contribution >= 0.6 is 0 Å². The molecule has 0 fully saturated rings. The molecule has 6 nitrogen and oxygen atoms in total. The van der Waals surface area contributed by atoms with Crippen molar-refractivity contribution < 1.29 is 9.59 Å². The first kappa shape index (κ1) is 22.3. The zero-order valence-electron chi connectivity index (χ0n) is 16.6. The number of aryl methyl sites for hydroxylation is 1. The van der Waals surface area contributed by atoms with E-state index < -0.39 is 12.1 Å². The van der Waals surface area contributed by atoms with E-state index in [1.54, 1.807) is 0 Å². The average molecular weight is 394 g/mol. The van der Waals surface area contributed by atoms with Gasteiger partial charge in [-0.3, -0.25) is 9.59 Å². The van der Waals surface area contributed by atoms with E-state index in [2.05, 4.69) is 10.6 Å². The summed E-state index contributed by atoms with van der Waals surface area (Å²) in [6.07, 6.45) is 3.46. The molecular weight excluding hydrogens is 364 g/mol. The summed E-state index contributed by atoms with van der Waals surface area (Å²) in [7, 11) is 0. The Morgan fingerprint density at radius 2 is 1.59 bits per heavy atom. The van der Waals surface area contributed by atoms with Crippen LogP contribution in [0.5, 0.6) is 0 Å². The van der Waals surface area contributed by atoms with Crippen LogP contribution < -0.4 is 16.4 Å². The molecule has 2 rings (SSSR count). The van der Waals surface area contributed by atoms with Gasteiger partial charge in [0.05, 0.1) is 0 Å². The second-order valence-corrected chi connectivity index (χ2v) is 6.99. The predicted octanol–water partition coefficient (Wildman–Crippen LogP) is 2.21. The number of carbonyl (C=O) groups is 2. The number of nitrogens with two attached hydrogens (primary N) is 1. The number of rotatable bonds is 12. The molecule has 0 aliphatic rings. The van der Waals surface area contributed by atoms with Crippen LogP contribution in [-0.2, 0) is 22.4 Å². The summed E-state index contributed by atoms with van der Waals surface area (Å²) in [6.45, 7) is 0.476. The molecule has 4 N–H and O–H groups in total. The topological polar surface area (TPSA) is 107 Å². The second kappa shape index (κ2) is 12.5. The lowest BCUT2D eigenvalue weighted by Crippen LogP contribution is -2.51. The fourth-order valence-electron chi connectivity index (χ4n) is 3.03. The highest BCUT2D eigenvalue weighted by molar-refractivity contribution is 5.90. The van der Waals surface area contributed by atoms with Crippen LogP contribution in [0.25, 0.3) is 5.41 Å². The Kier molecular flexibility index (Phi) is 9.59. The Morgan fingerprint density at radius 3 is 2.17 bits per heavy atom. The van der Waals surface area contributed by atoms with Crippen molar-refractivity contribution in [2.45, 2.75) is 44.2 Å². The molecule has 0 spiro atoms. The van der Waals surface area contributed by atoms with Crippen molar-refractivity contribution in [2.75, 3.05) is 6.54 Å². The number of amides is 2. The normalized spacial score (nSPS) is 12.6. The Labute approximate surface area is 172 Å². The van der Waals surface area contributed by atoms with Gasteiger partial charge >= 0.3 is 0 Å². The fourth-order valence-corrected chi connectivity index (χ4v) is 3.03. The van der Waals surface area contributed by atoms with Crippen molar-refractivity contribution in [3.63, 3.8) is 0 Å². The molecule has 29 heavy (non-hydrogen) atoms. The number of nitrogens with zero attached hydrogens (tertiary/aromatic N) is 1. The van der Waals surface area contributed by atoms with Crippen molar-refractivity contribution in [1.82, 2.24) is 10.6 Å². The van der Waals surface area contributed by atoms with Gasteiger partial charge in [-0.05, 0) is 36.9 Å². The predicted molar refractivity (Wildman–Crippen MR) is 116 cm³/mol. The largest absolute Gasteiger partial charge is 0.813 e. The molecule has 0 aliphatic carbocycles. The van der Waals surface area contributed by atoms with Crippen molar-refractivity contribution >= 4 is 18.0 Å². The van der Waals surface area contributed by atoms with E-state index in [9.17, 15) is 15.0 Å². The standard InChI is InChI=1S/C23H29N4O2/c24-15-7-12-20(17-25)26-23(29)21(16-19-10-5-2-6-11-19)27-22(28)14-13-18-8-3-1-4-9-18/h1-6,8-11,17,20-21H,7,12-16,24H2,(H,26,29)(H,27,28)/q-1. The van der Waals surface area contributed by atoms with Crippen molar-refractivity contribution in [3.8, 4) is 0 Å². The van der Waals surface area contributed by atoms with Gasteiger partial charge < -0.3 is 21.8 Å². The molecule has 2 atom stereocenters. The first-order valence-corrected chi connectivity index (χ1v) is 9.97. The summed E-state index contributed by atoms with van der Waals surface area (Å²) >= 11 is 0. The van der Waals surface area contributed by atoms with Gasteiger partial charge in [-0.25, -0.2) is 0 Å². The van der Waals surface area contributed by atoms with Crippen molar-refractivity contribution in [3.05, 3.63) is 77.2 Å². The van der Waals surface area contributed by atoms with E-state index in [0.717, 1.165) is 17.3 Å². The van der Waals surface area contributed by atoms with Gasteiger partial charge in [0, 0.05) is 18.9 Å². The number of nitrogens with one attached hydrogen (secondary N) is 2. The van der Waals surface area contributed by atoms with Gasteiger partial charge in [0.25, 0.3) is 0 Å². The maximum absolute atomic E-state index is 12.8. The van der Waals surface area contributed by atoms with Gasteiger partial charge in [0.15, 0.2) is 0 Å². The summed E-state index contributed by atoms with van der Waals surface area (Å²) in [5, 5.41) is 15.0. The summed E-state index contributed by atoms with van der Waals surface area (Å²) in [6, 6.07) is 18.1. The minimum absolute atomic E-state index is 0.184. The molecule has 0 aliphatic heterocycles. The Hall–Kier alpha value is -2.99. The third-order valence-corrected chi connectivity index (χ3v) is 4.64. The third-order valence-electron chi connectivity index (χ3n) is 4.64. The van der Waals surface area contributed by atoms with Gasteiger partial charge in [-0.1, -0.05) is 60.7 Å². The lowest BCUT2D eigenvalue weighted by Gasteiger charge is -2.23. The minimum Gasteiger partial charge on any atom is -0.813 e. The highest BCUT2D eigenvalue weighted by Crippen LogP contribution is 2.07. The molecule has 2 aromatic rings. The lowest BCUT2D eigenvalue weighted by atomic mass is 10.0. The Balaban J connectivity index is 2.00. The molecule has 2 amide bonds. The third kappa shape index (κ3) is 8.27. The molecule has 2 unspecified atom stereocenters. The van der Waals surface area contributed by atoms with E-state index in [-0.39, 0.29) is 11.8 Å². The first-order chi connectivity index (χ1) is 14.1. The molecule has 0 heterocycles. The summed E-state index contributed by atoms with van der Waals surface area (Å²) < 4.78 is 0. The van der Waals surface area contributed by atoms with E-state index in [0.29, 0.717) is 38.6 Å². The number of hydrogen-bond acceptors (Lipinski definition) is 3. The van der Waals surface area contributed by atoms with Crippen LogP contribution in [0.4, 0.5) is 0 Å². The highest BCUT2D eigenvalue weighted by Gasteiger charge is 2.22. The van der Waals surface area contributed by atoms with E-state index in [1.165, 1.54) is 0 Å². The highest BCUT2D eigenvalue weighted by atomic mass is 16.2. The van der Waals surface area contributed by atoms with Gasteiger partial charge in [-0.15, -0.1) is 0 Å². The molecule has 6 heteroatoms. The van der Waals surface area contributed by atoms with E-state index in [1.807, 2.05) is 60.7 Å². The van der Waals surface area contributed by atoms with Crippen molar-refractivity contribution in [1.29, 1.82) is 0 Å². The Bertz CT molecular complexity index is 765. The fraction of sp³-hybridized carbons (Fsp3) is 0.348.